The molecular weight excluding hydrogens is 773 g/mol. The van der Waals surface area contributed by atoms with Crippen molar-refractivity contribution in [3.8, 4) is 0 Å². The van der Waals surface area contributed by atoms with Crippen molar-refractivity contribution in [2.24, 2.45) is 0 Å². The SMILES string of the molecule is O=C(O)CCCCCCCCCCCCCCCCCCC(=O)N[C@@H](CCC(=O)NCCOCCOCC(=O)NCCOCCOCC(=O)NCCCCS)C(=O)O. The summed E-state index contributed by atoms with van der Waals surface area (Å²) >= 11 is 4.12. The lowest BCUT2D eigenvalue weighted by Crippen LogP contribution is -2.41. The van der Waals surface area contributed by atoms with Crippen LogP contribution in [0, 0.1) is 0 Å². The second-order valence-corrected chi connectivity index (χ2v) is 14.8. The van der Waals surface area contributed by atoms with Crippen LogP contribution < -0.4 is 21.3 Å². The lowest BCUT2D eigenvalue weighted by atomic mass is 10.0. The van der Waals surface area contributed by atoms with Crippen LogP contribution in [0.25, 0.3) is 0 Å². The number of unbranched alkanes of at least 4 members (excludes halogenated alkanes) is 16. The molecule has 58 heavy (non-hydrogen) atoms. The van der Waals surface area contributed by atoms with Gasteiger partial charge in [-0.1, -0.05) is 89.9 Å². The molecule has 0 radical (unpaired) electrons. The number of carboxylic acid groups (broad SMARTS) is 2. The van der Waals surface area contributed by atoms with Crippen LogP contribution in [-0.4, -0.2) is 130 Å². The lowest BCUT2D eigenvalue weighted by molar-refractivity contribution is -0.142. The number of thiol groups is 1. The van der Waals surface area contributed by atoms with Gasteiger partial charge in [0.25, 0.3) is 0 Å². The molecule has 0 fully saturated rings. The van der Waals surface area contributed by atoms with E-state index in [1.54, 1.807) is 0 Å². The fourth-order valence-corrected chi connectivity index (χ4v) is 6.01. The molecule has 0 rings (SSSR count). The number of hydrogen-bond acceptors (Lipinski definition) is 11. The zero-order valence-corrected chi connectivity index (χ0v) is 35.9. The first-order valence-electron chi connectivity index (χ1n) is 21.6. The quantitative estimate of drug-likeness (QED) is 0.0331. The Labute approximate surface area is 352 Å². The van der Waals surface area contributed by atoms with E-state index in [0.29, 0.717) is 32.7 Å². The van der Waals surface area contributed by atoms with Crippen LogP contribution >= 0.6 is 12.6 Å². The van der Waals surface area contributed by atoms with Crippen molar-refractivity contribution in [1.82, 2.24) is 21.3 Å². The van der Waals surface area contributed by atoms with Crippen molar-refractivity contribution < 1.29 is 57.9 Å². The molecule has 0 saturated heterocycles. The molecule has 17 heteroatoms. The van der Waals surface area contributed by atoms with E-state index >= 15 is 0 Å². The van der Waals surface area contributed by atoms with Crippen molar-refractivity contribution in [2.75, 3.05) is 78.2 Å². The van der Waals surface area contributed by atoms with E-state index in [0.717, 1.165) is 57.1 Å². The highest BCUT2D eigenvalue weighted by molar-refractivity contribution is 7.80. The van der Waals surface area contributed by atoms with Crippen LogP contribution in [0.3, 0.4) is 0 Å². The second-order valence-electron chi connectivity index (χ2n) is 14.4. The number of amides is 4. The van der Waals surface area contributed by atoms with Gasteiger partial charge < -0.3 is 50.4 Å². The number of carbonyl (C=O) groups excluding carboxylic acids is 4. The van der Waals surface area contributed by atoms with E-state index in [1.807, 2.05) is 0 Å². The van der Waals surface area contributed by atoms with Crippen LogP contribution in [-0.2, 0) is 47.7 Å². The number of carbonyl (C=O) groups is 6. The summed E-state index contributed by atoms with van der Waals surface area (Å²) in [7, 11) is 0. The van der Waals surface area contributed by atoms with Crippen molar-refractivity contribution in [2.45, 2.75) is 147 Å². The van der Waals surface area contributed by atoms with Crippen LogP contribution in [0.2, 0.25) is 0 Å². The van der Waals surface area contributed by atoms with Crippen molar-refractivity contribution in [3.05, 3.63) is 0 Å². The first-order chi connectivity index (χ1) is 28.1. The van der Waals surface area contributed by atoms with Gasteiger partial charge in [-0.05, 0) is 37.9 Å². The average Bonchev–Trinajstić information content (AvgIpc) is 3.19. The number of rotatable bonds is 44. The van der Waals surface area contributed by atoms with Crippen molar-refractivity contribution >= 4 is 48.2 Å². The van der Waals surface area contributed by atoms with E-state index < -0.39 is 18.0 Å². The summed E-state index contributed by atoms with van der Waals surface area (Å²) in [6, 6.07) is -1.13. The van der Waals surface area contributed by atoms with Gasteiger partial charge in [0.05, 0.1) is 39.6 Å². The summed E-state index contributed by atoms with van der Waals surface area (Å²) < 4.78 is 21.3. The molecule has 0 unspecified atom stereocenters. The maximum Gasteiger partial charge on any atom is 0.326 e. The Hall–Kier alpha value is -2.99. The van der Waals surface area contributed by atoms with E-state index in [2.05, 4.69) is 33.9 Å². The maximum absolute atomic E-state index is 12.3. The minimum absolute atomic E-state index is 0.0158. The number of hydrogen-bond donors (Lipinski definition) is 7. The minimum atomic E-state index is -1.17. The molecule has 0 heterocycles. The third kappa shape index (κ3) is 41.2. The molecule has 0 aliphatic heterocycles. The molecule has 0 saturated carbocycles. The fraction of sp³-hybridized carbons (Fsp3) is 0.854. The van der Waals surface area contributed by atoms with E-state index in [1.165, 1.54) is 57.8 Å². The molecule has 0 aliphatic rings. The summed E-state index contributed by atoms with van der Waals surface area (Å²) in [5.41, 5.74) is 0. The Bertz CT molecular complexity index is 1070. The largest absolute Gasteiger partial charge is 0.481 e. The Morgan fingerprint density at radius 2 is 0.845 bits per heavy atom. The summed E-state index contributed by atoms with van der Waals surface area (Å²) in [6.45, 7) is 2.43. The highest BCUT2D eigenvalue weighted by Crippen LogP contribution is 2.14. The van der Waals surface area contributed by atoms with Crippen LogP contribution in [0.15, 0.2) is 0 Å². The highest BCUT2D eigenvalue weighted by atomic mass is 32.1. The topological polar surface area (TPSA) is 228 Å². The van der Waals surface area contributed by atoms with Gasteiger partial charge in [0, 0.05) is 38.9 Å². The van der Waals surface area contributed by atoms with Gasteiger partial charge in [-0.15, -0.1) is 0 Å². The number of aliphatic carboxylic acids is 2. The third-order valence-electron chi connectivity index (χ3n) is 9.09. The minimum Gasteiger partial charge on any atom is -0.481 e. The van der Waals surface area contributed by atoms with Crippen LogP contribution in [0.4, 0.5) is 0 Å². The maximum atomic E-state index is 12.3. The monoisotopic (exact) mass is 849 g/mol. The predicted octanol–water partition coefficient (Wildman–Crippen LogP) is 4.57. The average molecular weight is 849 g/mol. The molecule has 4 amide bonds. The molecule has 1 atom stereocenters. The Morgan fingerprint density at radius 3 is 1.29 bits per heavy atom. The van der Waals surface area contributed by atoms with Crippen LogP contribution in [0.5, 0.6) is 0 Å². The van der Waals surface area contributed by atoms with E-state index in [4.69, 9.17) is 24.1 Å². The van der Waals surface area contributed by atoms with Gasteiger partial charge in [0.15, 0.2) is 0 Å². The zero-order valence-electron chi connectivity index (χ0n) is 35.0. The molecule has 0 spiro atoms. The van der Waals surface area contributed by atoms with E-state index in [9.17, 15) is 33.9 Å². The Kier molecular flexibility index (Phi) is 40.0. The van der Waals surface area contributed by atoms with Crippen molar-refractivity contribution in [3.63, 3.8) is 0 Å². The number of ether oxygens (including phenoxy) is 4. The summed E-state index contributed by atoms with van der Waals surface area (Å²) in [5, 5.41) is 28.8. The van der Waals surface area contributed by atoms with E-state index in [-0.39, 0.29) is 95.5 Å². The van der Waals surface area contributed by atoms with Gasteiger partial charge in [-0.2, -0.15) is 12.6 Å². The molecular formula is C41H76N4O12S. The summed E-state index contributed by atoms with van der Waals surface area (Å²) in [4.78, 5) is 70.1. The van der Waals surface area contributed by atoms with Crippen LogP contribution in [0.1, 0.15) is 141 Å². The van der Waals surface area contributed by atoms with Gasteiger partial charge in [0.1, 0.15) is 19.3 Å². The number of carboxylic acids is 2. The number of nitrogens with one attached hydrogen (secondary N) is 4. The fourth-order valence-electron chi connectivity index (χ4n) is 5.79. The Morgan fingerprint density at radius 1 is 0.431 bits per heavy atom. The summed E-state index contributed by atoms with van der Waals surface area (Å²) in [5.74, 6) is -2.22. The van der Waals surface area contributed by atoms with Crippen molar-refractivity contribution in [1.29, 1.82) is 0 Å². The first-order valence-corrected chi connectivity index (χ1v) is 22.2. The second kappa shape index (κ2) is 42.1. The zero-order chi connectivity index (χ0) is 42.7. The molecule has 0 bridgehead atoms. The molecule has 0 aliphatic carbocycles. The van der Waals surface area contributed by atoms with Gasteiger partial charge in [0.2, 0.25) is 23.6 Å². The third-order valence-corrected chi connectivity index (χ3v) is 9.41. The lowest BCUT2D eigenvalue weighted by Gasteiger charge is -2.14. The smallest absolute Gasteiger partial charge is 0.326 e. The molecule has 0 aromatic rings. The molecule has 338 valence electrons. The molecule has 6 N–H and O–H groups in total. The van der Waals surface area contributed by atoms with Gasteiger partial charge in [-0.3, -0.25) is 24.0 Å². The predicted molar refractivity (Wildman–Crippen MR) is 225 cm³/mol. The van der Waals surface area contributed by atoms with Gasteiger partial charge in [-0.25, -0.2) is 4.79 Å². The molecule has 0 aromatic carbocycles. The highest BCUT2D eigenvalue weighted by Gasteiger charge is 2.20. The van der Waals surface area contributed by atoms with Gasteiger partial charge >= 0.3 is 11.9 Å². The normalized spacial score (nSPS) is 11.5. The summed E-state index contributed by atoms with van der Waals surface area (Å²) in [6.07, 6.45) is 20.2. The molecule has 0 aromatic heterocycles. The molecule has 16 nitrogen and oxygen atoms in total. The standard InChI is InChI=1S/C41H76N4O12S/c46-36(43-24-26-54-28-31-57-34-39(49)44-25-27-55-29-30-56-33-38(48)42-23-17-18-32-58)22-21-35(41(52)53)45-37(47)19-15-13-11-9-7-5-3-1-2-4-6-8-10-12-14-16-20-40(50)51/h35,58H,1-34H2,(H,42,48)(H,43,46)(H,44,49)(H,45,47)(H,50,51)(H,52,53)/t35-/m0/s1. The Balaban J connectivity index is 3.63. The first kappa shape index (κ1) is 55.0.